The van der Waals surface area contributed by atoms with Crippen LogP contribution in [0, 0.1) is 10.1 Å². The lowest BCUT2D eigenvalue weighted by molar-refractivity contribution is -0.384. The lowest BCUT2D eigenvalue weighted by atomic mass is 10.1. The van der Waals surface area contributed by atoms with Gasteiger partial charge in [0.15, 0.2) is 5.96 Å². The van der Waals surface area contributed by atoms with Gasteiger partial charge in [0.25, 0.3) is 5.69 Å². The van der Waals surface area contributed by atoms with E-state index in [-0.39, 0.29) is 16.7 Å². The van der Waals surface area contributed by atoms with Gasteiger partial charge in [-0.05, 0) is 18.4 Å². The molecule has 9 nitrogen and oxygen atoms in total. The van der Waals surface area contributed by atoms with Gasteiger partial charge in [-0.15, -0.1) is 0 Å². The summed E-state index contributed by atoms with van der Waals surface area (Å²) in [5, 5.41) is 21.8. The van der Waals surface area contributed by atoms with Gasteiger partial charge in [-0.25, -0.2) is 0 Å². The summed E-state index contributed by atoms with van der Waals surface area (Å²) < 4.78 is 1.81. The van der Waals surface area contributed by atoms with Gasteiger partial charge >= 0.3 is 0 Å². The number of nitro groups is 1. The Bertz CT molecular complexity index is 818. The summed E-state index contributed by atoms with van der Waals surface area (Å²) in [6.45, 7) is 2.37. The number of aliphatic imine (C=N–C) groups is 1. The van der Waals surface area contributed by atoms with Gasteiger partial charge in [-0.3, -0.25) is 19.8 Å². The third-order valence-electron chi connectivity index (χ3n) is 4.62. The second-order valence-electron chi connectivity index (χ2n) is 6.65. The molecule has 1 saturated heterocycles. The van der Waals surface area contributed by atoms with E-state index in [9.17, 15) is 10.1 Å². The standard InChI is InChI=1S/C18H25N7O2/c1-19-18(20-10-14-5-3-7-16(9-14)25(26)27)22-15-6-4-8-24(12-15)17-11-21-23(2)13-17/h3,5,7,9,11,13,15H,4,6,8,10,12H2,1-2H3,(H2,19,20,22). The summed E-state index contributed by atoms with van der Waals surface area (Å²) in [4.78, 5) is 17.1. The molecule has 27 heavy (non-hydrogen) atoms. The predicted molar refractivity (Wildman–Crippen MR) is 105 cm³/mol. The van der Waals surface area contributed by atoms with Gasteiger partial charge in [-0.2, -0.15) is 5.10 Å². The highest BCUT2D eigenvalue weighted by atomic mass is 16.6. The zero-order valence-corrected chi connectivity index (χ0v) is 15.6. The van der Waals surface area contributed by atoms with Crippen LogP contribution in [0.5, 0.6) is 0 Å². The number of hydrogen-bond donors (Lipinski definition) is 2. The lowest BCUT2D eigenvalue weighted by Crippen LogP contribution is -2.51. The molecule has 1 aliphatic heterocycles. The molecule has 2 aromatic rings. The zero-order valence-electron chi connectivity index (χ0n) is 15.6. The van der Waals surface area contributed by atoms with Crippen LogP contribution in [0.25, 0.3) is 0 Å². The molecular weight excluding hydrogens is 346 g/mol. The Morgan fingerprint density at radius 2 is 2.33 bits per heavy atom. The predicted octanol–water partition coefficient (Wildman–Crippen LogP) is 1.66. The van der Waals surface area contributed by atoms with E-state index in [2.05, 4.69) is 25.6 Å². The third kappa shape index (κ3) is 4.96. The lowest BCUT2D eigenvalue weighted by Gasteiger charge is -2.34. The molecule has 1 aromatic heterocycles. The first-order valence-corrected chi connectivity index (χ1v) is 8.99. The van der Waals surface area contributed by atoms with Crippen molar-refractivity contribution in [1.29, 1.82) is 0 Å². The quantitative estimate of drug-likeness (QED) is 0.359. The molecule has 3 rings (SSSR count). The van der Waals surface area contributed by atoms with Gasteiger partial charge < -0.3 is 15.5 Å². The number of anilines is 1. The maximum absolute atomic E-state index is 10.9. The summed E-state index contributed by atoms with van der Waals surface area (Å²) in [7, 11) is 3.65. The number of nitrogens with zero attached hydrogens (tertiary/aromatic N) is 5. The average Bonchev–Trinajstić information content (AvgIpc) is 3.12. The molecule has 1 fully saturated rings. The first-order valence-electron chi connectivity index (χ1n) is 8.99. The van der Waals surface area contributed by atoms with Crippen molar-refractivity contribution in [2.45, 2.75) is 25.4 Å². The molecule has 1 aliphatic rings. The summed E-state index contributed by atoms with van der Waals surface area (Å²) >= 11 is 0. The Balaban J connectivity index is 1.55. The van der Waals surface area contributed by atoms with Crippen LogP contribution in [0.1, 0.15) is 18.4 Å². The largest absolute Gasteiger partial charge is 0.367 e. The van der Waals surface area contributed by atoms with Crippen molar-refractivity contribution in [3.63, 3.8) is 0 Å². The highest BCUT2D eigenvalue weighted by Gasteiger charge is 2.21. The molecule has 1 unspecified atom stereocenters. The van der Waals surface area contributed by atoms with Crippen LogP contribution in [-0.2, 0) is 13.6 Å². The van der Waals surface area contributed by atoms with Crippen LogP contribution in [0.15, 0.2) is 41.7 Å². The highest BCUT2D eigenvalue weighted by molar-refractivity contribution is 5.80. The van der Waals surface area contributed by atoms with Crippen molar-refractivity contribution in [1.82, 2.24) is 20.4 Å². The molecule has 0 saturated carbocycles. The van der Waals surface area contributed by atoms with Crippen LogP contribution in [-0.4, -0.2) is 46.8 Å². The molecule has 0 aliphatic carbocycles. The van der Waals surface area contributed by atoms with Crippen LogP contribution in [0.4, 0.5) is 11.4 Å². The first kappa shape index (κ1) is 18.7. The smallest absolute Gasteiger partial charge is 0.269 e. The van der Waals surface area contributed by atoms with Crippen LogP contribution in [0.3, 0.4) is 0 Å². The van der Waals surface area contributed by atoms with Crippen molar-refractivity contribution in [2.24, 2.45) is 12.0 Å². The van der Waals surface area contributed by atoms with Gasteiger partial charge in [0.2, 0.25) is 0 Å². The number of rotatable bonds is 5. The SMILES string of the molecule is CN=C(NCc1cccc([N+](=O)[O-])c1)NC1CCCN(c2cnn(C)c2)C1. The minimum Gasteiger partial charge on any atom is -0.367 e. The topological polar surface area (TPSA) is 101 Å². The zero-order chi connectivity index (χ0) is 19.2. The molecule has 9 heteroatoms. The van der Waals surface area contributed by atoms with Crippen molar-refractivity contribution in [3.05, 3.63) is 52.3 Å². The molecule has 2 heterocycles. The number of piperidine rings is 1. The Morgan fingerprint density at radius 3 is 3.04 bits per heavy atom. The monoisotopic (exact) mass is 371 g/mol. The number of aromatic nitrogens is 2. The molecule has 2 N–H and O–H groups in total. The highest BCUT2D eigenvalue weighted by Crippen LogP contribution is 2.19. The van der Waals surface area contributed by atoms with Gasteiger partial charge in [-0.1, -0.05) is 12.1 Å². The maximum Gasteiger partial charge on any atom is 0.269 e. The minimum atomic E-state index is -0.383. The summed E-state index contributed by atoms with van der Waals surface area (Å²) in [5.41, 5.74) is 2.06. The molecule has 0 radical (unpaired) electrons. The Hall–Kier alpha value is -3.10. The average molecular weight is 371 g/mol. The van der Waals surface area contributed by atoms with Crippen LogP contribution < -0.4 is 15.5 Å². The second kappa shape index (κ2) is 8.52. The summed E-state index contributed by atoms with van der Waals surface area (Å²) in [6.07, 6.45) is 6.07. The number of hydrogen-bond acceptors (Lipinski definition) is 5. The van der Waals surface area contributed by atoms with E-state index < -0.39 is 0 Å². The normalized spacial score (nSPS) is 17.6. The Labute approximate surface area is 158 Å². The van der Waals surface area contributed by atoms with Crippen LogP contribution in [0.2, 0.25) is 0 Å². The molecule has 0 amide bonds. The summed E-state index contributed by atoms with van der Waals surface area (Å²) in [6, 6.07) is 6.89. The van der Waals surface area contributed by atoms with E-state index in [4.69, 9.17) is 0 Å². The number of aryl methyl sites for hydroxylation is 1. The number of nitro benzene ring substituents is 1. The Kier molecular flexibility index (Phi) is 5.90. The molecule has 0 bridgehead atoms. The third-order valence-corrected chi connectivity index (χ3v) is 4.62. The van der Waals surface area contributed by atoms with Crippen molar-refractivity contribution >= 4 is 17.3 Å². The first-order chi connectivity index (χ1) is 13.0. The summed E-state index contributed by atoms with van der Waals surface area (Å²) in [5.74, 6) is 0.694. The van der Waals surface area contributed by atoms with E-state index in [1.165, 1.54) is 6.07 Å². The Morgan fingerprint density at radius 1 is 1.48 bits per heavy atom. The maximum atomic E-state index is 10.9. The fourth-order valence-corrected chi connectivity index (χ4v) is 3.25. The van der Waals surface area contributed by atoms with E-state index in [1.54, 1.807) is 19.2 Å². The molecule has 1 aromatic carbocycles. The number of benzene rings is 1. The van der Waals surface area contributed by atoms with Crippen molar-refractivity contribution < 1.29 is 4.92 Å². The molecule has 1 atom stereocenters. The number of non-ortho nitro benzene ring substituents is 1. The molecular formula is C18H25N7O2. The van der Waals surface area contributed by atoms with Crippen molar-refractivity contribution in [3.8, 4) is 0 Å². The van der Waals surface area contributed by atoms with E-state index in [0.29, 0.717) is 12.5 Å². The number of guanidine groups is 1. The molecule has 144 valence electrons. The van der Waals surface area contributed by atoms with Crippen molar-refractivity contribution in [2.75, 3.05) is 25.0 Å². The van der Waals surface area contributed by atoms with Crippen LogP contribution >= 0.6 is 0 Å². The van der Waals surface area contributed by atoms with E-state index >= 15 is 0 Å². The second-order valence-corrected chi connectivity index (χ2v) is 6.65. The number of nitrogens with one attached hydrogen (secondary N) is 2. The van der Waals surface area contributed by atoms with E-state index in [0.717, 1.165) is 37.2 Å². The minimum absolute atomic E-state index is 0.0941. The fraction of sp³-hybridized carbons (Fsp3) is 0.444. The fourth-order valence-electron chi connectivity index (χ4n) is 3.25. The molecule has 0 spiro atoms. The van der Waals surface area contributed by atoms with E-state index in [1.807, 2.05) is 30.2 Å². The van der Waals surface area contributed by atoms with Gasteiger partial charge in [0, 0.05) is 58.1 Å². The van der Waals surface area contributed by atoms with Gasteiger partial charge in [0.1, 0.15) is 0 Å². The van der Waals surface area contributed by atoms with Gasteiger partial charge in [0.05, 0.1) is 16.8 Å².